The molecular weight excluding hydrogens is 431 g/mol. The molecule has 7 heteroatoms. The topological polar surface area (TPSA) is 53.1 Å². The fourth-order valence-electron chi connectivity index (χ4n) is 5.28. The van der Waals surface area contributed by atoms with Crippen LogP contribution in [0.15, 0.2) is 59.4 Å². The van der Waals surface area contributed by atoms with E-state index in [1.807, 2.05) is 12.3 Å². The normalized spacial score (nSPS) is 23.2. The van der Waals surface area contributed by atoms with E-state index >= 15 is 0 Å². The van der Waals surface area contributed by atoms with Crippen LogP contribution < -0.4 is 4.74 Å². The Bertz CT molecular complexity index is 1260. The molecule has 4 heterocycles. The molecule has 0 radical (unpaired) electrons. The van der Waals surface area contributed by atoms with Gasteiger partial charge in [-0.3, -0.25) is 9.80 Å². The van der Waals surface area contributed by atoms with Gasteiger partial charge in [0.2, 0.25) is 0 Å². The number of H-pyrrole nitrogens is 1. The van der Waals surface area contributed by atoms with Gasteiger partial charge in [-0.05, 0) is 36.8 Å². The summed E-state index contributed by atoms with van der Waals surface area (Å²) in [6.07, 6.45) is 4.04. The van der Waals surface area contributed by atoms with Gasteiger partial charge in [-0.1, -0.05) is 28.9 Å². The average molecular weight is 461 g/mol. The van der Waals surface area contributed by atoms with Crippen LogP contribution in [-0.2, 0) is 4.84 Å². The molecule has 3 aliphatic rings. The van der Waals surface area contributed by atoms with Gasteiger partial charge in [0.05, 0.1) is 5.92 Å². The van der Waals surface area contributed by atoms with Gasteiger partial charge in [-0.25, -0.2) is 4.39 Å². The standard InChI is InChI=1S/C27H29FN4O2/c1-18(11-19-3-2-4-21(28)12-19)15-31-7-9-32(10-8-31)16-26-23-17-33-25-14-24-20(5-6-29-24)13-22(25)27(23)30-34-26/h2-6,11-14,23,26,29H,7-10,15-17H2,1H3/b18-11+. The third kappa shape index (κ3) is 4.21. The number of nitrogens with one attached hydrogen (secondary N) is 1. The summed E-state index contributed by atoms with van der Waals surface area (Å²) in [5.41, 5.74) is 5.30. The minimum atomic E-state index is -0.193. The first-order valence-corrected chi connectivity index (χ1v) is 12.0. The Kier molecular flexibility index (Phi) is 5.59. The summed E-state index contributed by atoms with van der Waals surface area (Å²) >= 11 is 0. The molecule has 6 nitrogen and oxygen atoms in total. The van der Waals surface area contributed by atoms with Crippen molar-refractivity contribution in [3.8, 4) is 5.75 Å². The first-order chi connectivity index (χ1) is 16.6. The summed E-state index contributed by atoms with van der Waals surface area (Å²) in [6, 6.07) is 13.0. The summed E-state index contributed by atoms with van der Waals surface area (Å²) < 4.78 is 19.6. The van der Waals surface area contributed by atoms with Gasteiger partial charge in [-0.15, -0.1) is 0 Å². The van der Waals surface area contributed by atoms with Crippen molar-refractivity contribution in [2.45, 2.75) is 13.0 Å². The monoisotopic (exact) mass is 460 g/mol. The van der Waals surface area contributed by atoms with Crippen LogP contribution >= 0.6 is 0 Å². The molecule has 1 saturated heterocycles. The van der Waals surface area contributed by atoms with Crippen LogP contribution in [0, 0.1) is 11.7 Å². The molecule has 34 heavy (non-hydrogen) atoms. The number of benzene rings is 2. The van der Waals surface area contributed by atoms with Crippen LogP contribution in [0.1, 0.15) is 18.1 Å². The van der Waals surface area contributed by atoms with Gasteiger partial charge < -0.3 is 14.6 Å². The van der Waals surface area contributed by atoms with Crippen LogP contribution in [0.5, 0.6) is 5.75 Å². The molecular formula is C27H29FN4O2. The van der Waals surface area contributed by atoms with E-state index < -0.39 is 0 Å². The lowest BCUT2D eigenvalue weighted by atomic mass is 9.89. The molecule has 6 rings (SSSR count). The lowest BCUT2D eigenvalue weighted by molar-refractivity contribution is 0.0101. The van der Waals surface area contributed by atoms with Crippen LogP contribution in [0.3, 0.4) is 0 Å². The highest BCUT2D eigenvalue weighted by Gasteiger charge is 2.41. The maximum Gasteiger partial charge on any atom is 0.151 e. The number of halogens is 1. The Labute approximate surface area is 198 Å². The molecule has 2 atom stereocenters. The SMILES string of the molecule is C/C(=C\c1cccc(F)c1)CN1CCN(CC2ON=C3c4cc5cc[nH]c5cc4OCC32)CC1. The number of hydrogen-bond donors (Lipinski definition) is 1. The molecule has 0 bridgehead atoms. The molecule has 3 aliphatic heterocycles. The number of fused-ring (bicyclic) bond motifs is 4. The van der Waals surface area contributed by atoms with Crippen LogP contribution in [-0.4, -0.2) is 72.5 Å². The predicted molar refractivity (Wildman–Crippen MR) is 132 cm³/mol. The van der Waals surface area contributed by atoms with E-state index in [0.29, 0.717) is 6.61 Å². The number of piperazine rings is 1. The quantitative estimate of drug-likeness (QED) is 0.622. The molecule has 0 amide bonds. The summed E-state index contributed by atoms with van der Waals surface area (Å²) in [7, 11) is 0. The Balaban J connectivity index is 1.04. The summed E-state index contributed by atoms with van der Waals surface area (Å²) in [5.74, 6) is 0.851. The average Bonchev–Trinajstić information content (AvgIpc) is 3.45. The highest BCUT2D eigenvalue weighted by Crippen LogP contribution is 2.36. The van der Waals surface area contributed by atoms with Gasteiger partial charge >= 0.3 is 0 Å². The number of aromatic amines is 1. The van der Waals surface area contributed by atoms with Gasteiger partial charge in [0.1, 0.15) is 23.9 Å². The number of nitrogens with zero attached hydrogens (tertiary/aromatic N) is 3. The fraction of sp³-hybridized carbons (Fsp3) is 0.370. The predicted octanol–water partition coefficient (Wildman–Crippen LogP) is 4.14. The van der Waals surface area contributed by atoms with Crippen molar-refractivity contribution in [3.63, 3.8) is 0 Å². The highest BCUT2D eigenvalue weighted by molar-refractivity contribution is 6.08. The smallest absolute Gasteiger partial charge is 0.151 e. The second kappa shape index (κ2) is 8.89. The van der Waals surface area contributed by atoms with Crippen molar-refractivity contribution in [1.82, 2.24) is 14.8 Å². The van der Waals surface area contributed by atoms with E-state index in [-0.39, 0.29) is 17.8 Å². The first-order valence-electron chi connectivity index (χ1n) is 12.0. The Morgan fingerprint density at radius 2 is 2.00 bits per heavy atom. The van der Waals surface area contributed by atoms with E-state index in [2.05, 4.69) is 51.1 Å². The molecule has 1 N–H and O–H groups in total. The molecule has 2 unspecified atom stereocenters. The lowest BCUT2D eigenvalue weighted by Gasteiger charge is -2.36. The fourth-order valence-corrected chi connectivity index (χ4v) is 5.28. The molecule has 1 aromatic heterocycles. The summed E-state index contributed by atoms with van der Waals surface area (Å²) in [4.78, 5) is 14.1. The van der Waals surface area contributed by atoms with Crippen LogP contribution in [0.4, 0.5) is 4.39 Å². The molecule has 0 saturated carbocycles. The molecule has 2 aromatic carbocycles. The summed E-state index contributed by atoms with van der Waals surface area (Å²) in [6.45, 7) is 8.48. The van der Waals surface area contributed by atoms with Gasteiger partial charge in [0, 0.05) is 68.0 Å². The van der Waals surface area contributed by atoms with Crippen molar-refractivity contribution >= 4 is 22.7 Å². The highest BCUT2D eigenvalue weighted by atomic mass is 19.1. The zero-order chi connectivity index (χ0) is 23.1. The van der Waals surface area contributed by atoms with E-state index in [1.54, 1.807) is 12.1 Å². The molecule has 0 spiro atoms. The van der Waals surface area contributed by atoms with Crippen LogP contribution in [0.2, 0.25) is 0 Å². The van der Waals surface area contributed by atoms with E-state index in [4.69, 9.17) is 9.57 Å². The zero-order valence-corrected chi connectivity index (χ0v) is 19.3. The van der Waals surface area contributed by atoms with Crippen LogP contribution in [0.25, 0.3) is 17.0 Å². The molecule has 3 aromatic rings. The van der Waals surface area contributed by atoms with E-state index in [0.717, 1.165) is 72.8 Å². The Morgan fingerprint density at radius 1 is 1.15 bits per heavy atom. The molecule has 1 fully saturated rings. The Hall–Kier alpha value is -3.16. The third-order valence-corrected chi connectivity index (χ3v) is 7.07. The van der Waals surface area contributed by atoms with E-state index in [9.17, 15) is 4.39 Å². The van der Waals surface area contributed by atoms with Gasteiger partial charge in [0.15, 0.2) is 6.10 Å². The molecule has 0 aliphatic carbocycles. The second-order valence-electron chi connectivity index (χ2n) is 9.57. The lowest BCUT2D eigenvalue weighted by Crippen LogP contribution is -2.50. The van der Waals surface area contributed by atoms with Crippen molar-refractivity contribution in [2.75, 3.05) is 45.9 Å². The summed E-state index contributed by atoms with van der Waals surface area (Å²) in [5, 5.41) is 5.65. The van der Waals surface area contributed by atoms with Gasteiger partial charge in [0.25, 0.3) is 0 Å². The van der Waals surface area contributed by atoms with Crippen molar-refractivity contribution in [3.05, 3.63) is 71.2 Å². The maximum atomic E-state index is 13.4. The largest absolute Gasteiger partial charge is 0.492 e. The minimum absolute atomic E-state index is 0.0197. The van der Waals surface area contributed by atoms with E-state index in [1.165, 1.54) is 11.6 Å². The second-order valence-corrected chi connectivity index (χ2v) is 9.57. The maximum absolute atomic E-state index is 13.4. The number of rotatable bonds is 5. The van der Waals surface area contributed by atoms with Crippen molar-refractivity contribution in [1.29, 1.82) is 0 Å². The van der Waals surface area contributed by atoms with Gasteiger partial charge in [-0.2, -0.15) is 0 Å². The number of oxime groups is 1. The number of hydrogen-bond acceptors (Lipinski definition) is 5. The van der Waals surface area contributed by atoms with Crippen molar-refractivity contribution < 1.29 is 14.0 Å². The Morgan fingerprint density at radius 3 is 2.85 bits per heavy atom. The van der Waals surface area contributed by atoms with Crippen molar-refractivity contribution in [2.24, 2.45) is 11.1 Å². The first kappa shape index (κ1) is 21.4. The zero-order valence-electron chi connectivity index (χ0n) is 19.3. The molecule has 176 valence electrons. The number of aromatic nitrogens is 1. The number of ether oxygens (including phenoxy) is 1. The third-order valence-electron chi connectivity index (χ3n) is 7.07. The minimum Gasteiger partial charge on any atom is -0.492 e.